The lowest BCUT2D eigenvalue weighted by molar-refractivity contribution is -0.362. The summed E-state index contributed by atoms with van der Waals surface area (Å²) in [5.74, 6) is -1.34. The van der Waals surface area contributed by atoms with Crippen LogP contribution in [0.5, 0.6) is 0 Å². The number of halogens is 5. The maximum absolute atomic E-state index is 15.2. The van der Waals surface area contributed by atoms with Gasteiger partial charge in [-0.15, -0.1) is 0 Å². The molecule has 2 amide bonds. The van der Waals surface area contributed by atoms with Crippen LogP contribution < -0.4 is 10.6 Å². The number of ether oxygens (including phenoxy) is 1. The fourth-order valence-electron chi connectivity index (χ4n) is 8.36. The minimum Gasteiger partial charge on any atom is -0.466 e. The van der Waals surface area contributed by atoms with Gasteiger partial charge >= 0.3 is 24.1 Å². The molecular weight excluding hydrogens is 623 g/mol. The monoisotopic (exact) mass is 662 g/mol. The van der Waals surface area contributed by atoms with Crippen LogP contribution in [0.2, 0.25) is 0 Å². The lowest BCUT2D eigenvalue weighted by Gasteiger charge is -2.56. The van der Waals surface area contributed by atoms with Gasteiger partial charge in [-0.3, -0.25) is 9.59 Å². The number of hydrogen-bond acceptors (Lipinski definition) is 5. The van der Waals surface area contributed by atoms with Crippen LogP contribution in [0.4, 0.5) is 26.7 Å². The van der Waals surface area contributed by atoms with Crippen LogP contribution >= 0.6 is 0 Å². The average molecular weight is 663 g/mol. The number of allylic oxidation sites excluding steroid dienone is 4. The Morgan fingerprint density at radius 2 is 1.79 bits per heavy atom. The molecule has 2 fully saturated rings. The molecule has 1 aromatic rings. The number of urea groups is 1. The Bertz CT molecular complexity index is 1540. The molecule has 4 aliphatic carbocycles. The highest BCUT2D eigenvalue weighted by Crippen LogP contribution is 2.70. The molecule has 47 heavy (non-hydrogen) atoms. The van der Waals surface area contributed by atoms with Gasteiger partial charge in [0.1, 0.15) is 5.60 Å². The van der Waals surface area contributed by atoms with Crippen molar-refractivity contribution >= 4 is 17.8 Å². The Labute approximate surface area is 270 Å². The van der Waals surface area contributed by atoms with Gasteiger partial charge in [0.2, 0.25) is 0 Å². The van der Waals surface area contributed by atoms with Crippen molar-refractivity contribution < 1.29 is 46.2 Å². The van der Waals surface area contributed by atoms with Crippen molar-refractivity contribution in [2.45, 2.75) is 88.8 Å². The third-order valence-corrected chi connectivity index (χ3v) is 10.6. The second-order valence-corrected chi connectivity index (χ2v) is 13.1. The lowest BCUT2D eigenvalue weighted by Crippen LogP contribution is -2.65. The number of fused-ring (bicyclic) bond motifs is 4. The number of esters is 1. The number of carbonyl (C=O) groups is 3. The number of rotatable bonds is 7. The number of hydrogen-bond donors (Lipinski definition) is 3. The minimum atomic E-state index is -5.90. The van der Waals surface area contributed by atoms with E-state index in [1.54, 1.807) is 37.3 Å². The van der Waals surface area contributed by atoms with Gasteiger partial charge in [-0.25, -0.2) is 4.79 Å². The maximum atomic E-state index is 15.2. The molecule has 2 saturated carbocycles. The zero-order valence-electron chi connectivity index (χ0n) is 26.4. The number of benzene rings is 1. The molecule has 0 saturated heterocycles. The molecule has 0 aromatic heterocycles. The van der Waals surface area contributed by atoms with Crippen molar-refractivity contribution in [1.29, 1.82) is 0 Å². The van der Waals surface area contributed by atoms with Crippen LogP contribution in [-0.4, -0.2) is 60.3 Å². The van der Waals surface area contributed by atoms with Gasteiger partial charge in [0.15, 0.2) is 5.78 Å². The molecule has 0 radical (unpaired) electrons. The SMILES string of the molecule is CCOC(=O)CCNC(=O)NCC#Cc1ccc([C@H]2C[C@@]3(C)C(CC[C@@]3(O)C(F)(F)C(F)(F)F)C3CCC4=CC(=O)CCC4=C32)cc1. The third-order valence-electron chi connectivity index (χ3n) is 10.6. The Hall–Kier alpha value is -3.72. The zero-order chi connectivity index (χ0) is 34.2. The second kappa shape index (κ2) is 13.1. The molecule has 0 heterocycles. The zero-order valence-corrected chi connectivity index (χ0v) is 26.4. The van der Waals surface area contributed by atoms with Crippen molar-refractivity contribution in [3.8, 4) is 11.8 Å². The topological polar surface area (TPSA) is 105 Å². The van der Waals surface area contributed by atoms with E-state index in [2.05, 4.69) is 22.5 Å². The van der Waals surface area contributed by atoms with E-state index in [0.29, 0.717) is 36.8 Å². The Morgan fingerprint density at radius 1 is 1.06 bits per heavy atom. The molecule has 254 valence electrons. The van der Waals surface area contributed by atoms with Gasteiger partial charge in [-0.1, -0.05) is 36.5 Å². The highest BCUT2D eigenvalue weighted by atomic mass is 19.4. The molecule has 5 rings (SSSR count). The van der Waals surface area contributed by atoms with Gasteiger partial charge in [-0.05, 0) is 92.2 Å². The average Bonchev–Trinajstić information content (AvgIpc) is 3.30. The van der Waals surface area contributed by atoms with Crippen molar-refractivity contribution in [3.05, 3.63) is 58.2 Å². The molecule has 0 spiro atoms. The first-order valence-corrected chi connectivity index (χ1v) is 16.0. The summed E-state index contributed by atoms with van der Waals surface area (Å²) in [7, 11) is 0. The first-order valence-electron chi connectivity index (χ1n) is 16.0. The fourth-order valence-corrected chi connectivity index (χ4v) is 8.36. The van der Waals surface area contributed by atoms with Gasteiger partial charge in [0, 0.05) is 29.9 Å². The highest BCUT2D eigenvalue weighted by molar-refractivity contribution is 5.93. The molecular formula is C35H39F5N2O5. The number of carbonyl (C=O) groups excluding carboxylic acids is 3. The van der Waals surface area contributed by atoms with Crippen LogP contribution in [0.25, 0.3) is 0 Å². The summed E-state index contributed by atoms with van der Waals surface area (Å²) >= 11 is 0. The Balaban J connectivity index is 1.39. The van der Waals surface area contributed by atoms with Crippen LogP contribution in [0.3, 0.4) is 0 Å². The number of ketones is 1. The molecule has 12 heteroatoms. The van der Waals surface area contributed by atoms with E-state index in [0.717, 1.165) is 16.7 Å². The number of alkyl halides is 5. The largest absolute Gasteiger partial charge is 0.466 e. The summed E-state index contributed by atoms with van der Waals surface area (Å²) < 4.78 is 76.5. The van der Waals surface area contributed by atoms with Gasteiger partial charge in [0.25, 0.3) is 0 Å². The van der Waals surface area contributed by atoms with Crippen LogP contribution in [0, 0.1) is 29.1 Å². The Kier molecular flexibility index (Phi) is 9.62. The lowest BCUT2D eigenvalue weighted by atomic mass is 9.50. The minimum absolute atomic E-state index is 0.0200. The summed E-state index contributed by atoms with van der Waals surface area (Å²) in [6.45, 7) is 3.47. The predicted molar refractivity (Wildman–Crippen MR) is 162 cm³/mol. The molecule has 0 aliphatic heterocycles. The first-order chi connectivity index (χ1) is 22.1. The second-order valence-electron chi connectivity index (χ2n) is 13.1. The quantitative estimate of drug-likeness (QED) is 0.186. The maximum Gasteiger partial charge on any atom is 0.456 e. The van der Waals surface area contributed by atoms with E-state index in [1.165, 1.54) is 6.92 Å². The molecule has 3 N–H and O–H groups in total. The predicted octanol–water partition coefficient (Wildman–Crippen LogP) is 6.12. The van der Waals surface area contributed by atoms with E-state index in [-0.39, 0.29) is 50.7 Å². The summed E-state index contributed by atoms with van der Waals surface area (Å²) in [6, 6.07) is 6.51. The van der Waals surface area contributed by atoms with Crippen LogP contribution in [0.15, 0.2) is 47.1 Å². The van der Waals surface area contributed by atoms with Crippen LogP contribution in [-0.2, 0) is 14.3 Å². The smallest absolute Gasteiger partial charge is 0.456 e. The summed E-state index contributed by atoms with van der Waals surface area (Å²) in [5, 5.41) is 16.5. The highest BCUT2D eigenvalue weighted by Gasteiger charge is 2.79. The molecule has 1 aromatic carbocycles. The number of amides is 2. The molecule has 4 aliphatic rings. The third kappa shape index (κ3) is 6.31. The summed E-state index contributed by atoms with van der Waals surface area (Å²) in [5.41, 5.74) is -0.770. The van der Waals surface area contributed by atoms with Crippen LogP contribution in [0.1, 0.15) is 82.3 Å². The molecule has 0 bridgehead atoms. The molecule has 2 unspecified atom stereocenters. The van der Waals surface area contributed by atoms with Crippen molar-refractivity contribution in [2.24, 2.45) is 17.3 Å². The van der Waals surface area contributed by atoms with E-state index >= 15 is 8.78 Å². The van der Waals surface area contributed by atoms with E-state index in [1.807, 2.05) is 0 Å². The van der Waals surface area contributed by atoms with E-state index in [4.69, 9.17) is 4.74 Å². The summed E-state index contributed by atoms with van der Waals surface area (Å²) in [6.07, 6.45) is -3.07. The first kappa shape index (κ1) is 34.6. The van der Waals surface area contributed by atoms with E-state index in [9.17, 15) is 32.7 Å². The Morgan fingerprint density at radius 3 is 2.47 bits per heavy atom. The van der Waals surface area contributed by atoms with Crippen molar-refractivity contribution in [3.63, 3.8) is 0 Å². The standard InChI is InChI=1S/C35H39F5N2O5/c1-3-47-29(44)15-18-42-31(45)41-17-4-5-21-6-8-22(9-7-21)27-20-32(2)28(14-16-33(32,46)34(36,37)35(38,39)40)26-12-10-23-19-24(43)11-13-25(23)30(26)27/h6-9,19,26-28,46H,3,10-18,20H2,1-2H3,(H2,41,42,45)/t26?,27-,28?,32+,33+/m1/s1. The van der Waals surface area contributed by atoms with Gasteiger partial charge in [-0.2, -0.15) is 22.0 Å². The van der Waals surface area contributed by atoms with E-state index < -0.39 is 53.4 Å². The normalized spacial score (nSPS) is 28.6. The van der Waals surface area contributed by atoms with Gasteiger partial charge in [0.05, 0.1) is 19.6 Å². The molecule has 5 atom stereocenters. The fraction of sp³-hybridized carbons (Fsp3) is 0.571. The van der Waals surface area contributed by atoms with Crippen molar-refractivity contribution in [2.75, 3.05) is 19.7 Å². The molecule has 7 nitrogen and oxygen atoms in total. The summed E-state index contributed by atoms with van der Waals surface area (Å²) in [4.78, 5) is 35.5. The number of nitrogens with one attached hydrogen (secondary N) is 2. The van der Waals surface area contributed by atoms with Crippen molar-refractivity contribution in [1.82, 2.24) is 10.6 Å². The number of aliphatic hydroxyl groups is 1. The van der Waals surface area contributed by atoms with Gasteiger partial charge < -0.3 is 20.5 Å².